The van der Waals surface area contributed by atoms with Gasteiger partial charge in [0.25, 0.3) is 0 Å². The lowest BCUT2D eigenvalue weighted by Crippen LogP contribution is -2.34. The highest BCUT2D eigenvalue weighted by Gasteiger charge is 2.40. The molecule has 19 heavy (non-hydrogen) atoms. The minimum atomic E-state index is 0.252. The molecule has 1 unspecified atom stereocenters. The number of ether oxygens (including phenoxy) is 1. The number of thiazole rings is 1. The minimum absolute atomic E-state index is 0.252. The van der Waals surface area contributed by atoms with Gasteiger partial charge >= 0.3 is 0 Å². The molecule has 1 N–H and O–H groups in total. The number of aromatic nitrogens is 1. The van der Waals surface area contributed by atoms with Gasteiger partial charge in [0.05, 0.1) is 11.7 Å². The molecule has 106 valence electrons. The zero-order valence-corrected chi connectivity index (χ0v) is 12.6. The number of hydrogen-bond donors (Lipinski definition) is 1. The van der Waals surface area contributed by atoms with E-state index in [9.17, 15) is 0 Å². The highest BCUT2D eigenvalue weighted by atomic mass is 32.1. The normalized spacial score (nSPS) is 26.1. The Labute approximate surface area is 119 Å². The van der Waals surface area contributed by atoms with Gasteiger partial charge in [0.15, 0.2) is 0 Å². The molecule has 3 nitrogen and oxygen atoms in total. The molecular formula is C15H24N2OS. The summed E-state index contributed by atoms with van der Waals surface area (Å²) in [6.07, 6.45) is 9.61. The van der Waals surface area contributed by atoms with E-state index in [0.29, 0.717) is 6.10 Å². The monoisotopic (exact) mass is 280 g/mol. The lowest BCUT2D eigenvalue weighted by atomic mass is 9.83. The summed E-state index contributed by atoms with van der Waals surface area (Å²) < 4.78 is 6.35. The molecule has 1 aliphatic carbocycles. The SMILES string of the molecule is Cc1csc(CNCC2CCC3(CCCCC3)O2)n1. The average molecular weight is 280 g/mol. The lowest BCUT2D eigenvalue weighted by molar-refractivity contribution is -0.0624. The van der Waals surface area contributed by atoms with Gasteiger partial charge in [-0.1, -0.05) is 19.3 Å². The van der Waals surface area contributed by atoms with Gasteiger partial charge in [-0.2, -0.15) is 0 Å². The van der Waals surface area contributed by atoms with Gasteiger partial charge in [0.2, 0.25) is 0 Å². The molecule has 2 fully saturated rings. The molecule has 1 saturated carbocycles. The molecule has 1 atom stereocenters. The molecular weight excluding hydrogens is 256 g/mol. The molecule has 1 saturated heterocycles. The van der Waals surface area contributed by atoms with Crippen molar-refractivity contribution in [2.24, 2.45) is 0 Å². The van der Waals surface area contributed by atoms with Crippen LogP contribution >= 0.6 is 11.3 Å². The van der Waals surface area contributed by atoms with E-state index in [1.807, 2.05) is 6.92 Å². The predicted molar refractivity (Wildman–Crippen MR) is 78.5 cm³/mol. The van der Waals surface area contributed by atoms with Crippen LogP contribution in [0.5, 0.6) is 0 Å². The predicted octanol–water partition coefficient (Wildman–Crippen LogP) is 3.42. The van der Waals surface area contributed by atoms with E-state index >= 15 is 0 Å². The second kappa shape index (κ2) is 5.90. The van der Waals surface area contributed by atoms with Gasteiger partial charge in [0.1, 0.15) is 5.01 Å². The van der Waals surface area contributed by atoms with E-state index in [1.165, 1.54) is 50.0 Å². The fraction of sp³-hybridized carbons (Fsp3) is 0.800. The smallest absolute Gasteiger partial charge is 0.107 e. The van der Waals surface area contributed by atoms with Crippen LogP contribution in [0.25, 0.3) is 0 Å². The molecule has 2 heterocycles. The number of nitrogens with one attached hydrogen (secondary N) is 1. The Hall–Kier alpha value is -0.450. The van der Waals surface area contributed by atoms with Gasteiger partial charge in [-0.05, 0) is 32.6 Å². The van der Waals surface area contributed by atoms with Gasteiger partial charge in [-0.3, -0.25) is 0 Å². The molecule has 1 spiro atoms. The molecule has 4 heteroatoms. The fourth-order valence-electron chi connectivity index (χ4n) is 3.43. The van der Waals surface area contributed by atoms with Crippen LogP contribution in [0.15, 0.2) is 5.38 Å². The second-order valence-corrected chi connectivity index (χ2v) is 6.98. The molecule has 1 aromatic heterocycles. The topological polar surface area (TPSA) is 34.1 Å². The third-order valence-corrected chi connectivity index (χ3v) is 5.38. The summed E-state index contributed by atoms with van der Waals surface area (Å²) >= 11 is 1.74. The first-order valence-electron chi connectivity index (χ1n) is 7.55. The Morgan fingerprint density at radius 2 is 2.21 bits per heavy atom. The maximum absolute atomic E-state index is 6.35. The number of hydrogen-bond acceptors (Lipinski definition) is 4. The average Bonchev–Trinajstić information content (AvgIpc) is 2.99. The van der Waals surface area contributed by atoms with Crippen molar-refractivity contribution < 1.29 is 4.74 Å². The summed E-state index contributed by atoms with van der Waals surface area (Å²) in [5.41, 5.74) is 1.38. The second-order valence-electron chi connectivity index (χ2n) is 6.04. The molecule has 0 radical (unpaired) electrons. The first-order valence-corrected chi connectivity index (χ1v) is 8.43. The van der Waals surface area contributed by atoms with E-state index in [1.54, 1.807) is 11.3 Å². The molecule has 0 bridgehead atoms. The zero-order valence-electron chi connectivity index (χ0n) is 11.8. The van der Waals surface area contributed by atoms with E-state index < -0.39 is 0 Å². The highest BCUT2D eigenvalue weighted by molar-refractivity contribution is 7.09. The van der Waals surface area contributed by atoms with Gasteiger partial charge in [-0.25, -0.2) is 4.98 Å². The number of nitrogens with zero attached hydrogens (tertiary/aromatic N) is 1. The summed E-state index contributed by atoms with van der Waals surface area (Å²) in [7, 11) is 0. The van der Waals surface area contributed by atoms with Gasteiger partial charge in [-0.15, -0.1) is 11.3 Å². The molecule has 2 aliphatic rings. The van der Waals surface area contributed by atoms with Crippen molar-refractivity contribution in [1.29, 1.82) is 0 Å². The Morgan fingerprint density at radius 1 is 1.37 bits per heavy atom. The third kappa shape index (κ3) is 3.36. The van der Waals surface area contributed by atoms with Crippen LogP contribution in [-0.2, 0) is 11.3 Å². The molecule has 1 aliphatic heterocycles. The quantitative estimate of drug-likeness (QED) is 0.917. The van der Waals surface area contributed by atoms with Crippen molar-refractivity contribution in [1.82, 2.24) is 10.3 Å². The van der Waals surface area contributed by atoms with Crippen molar-refractivity contribution in [3.05, 3.63) is 16.1 Å². The Balaban J connectivity index is 1.42. The van der Waals surface area contributed by atoms with Crippen LogP contribution in [0.2, 0.25) is 0 Å². The first kappa shape index (κ1) is 13.5. The highest BCUT2D eigenvalue weighted by Crippen LogP contribution is 2.41. The maximum Gasteiger partial charge on any atom is 0.107 e. The van der Waals surface area contributed by atoms with Crippen LogP contribution in [0.3, 0.4) is 0 Å². The minimum Gasteiger partial charge on any atom is -0.370 e. The summed E-state index contributed by atoms with van der Waals surface area (Å²) in [6.45, 7) is 3.90. The van der Waals surface area contributed by atoms with Crippen LogP contribution in [0.4, 0.5) is 0 Å². The molecule has 0 amide bonds. The standard InChI is InChI=1S/C15H24N2OS/c1-12-11-19-14(17-12)10-16-9-13-5-8-15(18-13)6-3-2-4-7-15/h11,13,16H,2-10H2,1H3. The van der Waals surface area contributed by atoms with Crippen molar-refractivity contribution in [2.75, 3.05) is 6.54 Å². The van der Waals surface area contributed by atoms with Crippen LogP contribution in [0.1, 0.15) is 55.6 Å². The molecule has 0 aromatic carbocycles. The van der Waals surface area contributed by atoms with Crippen molar-refractivity contribution in [3.8, 4) is 0 Å². The van der Waals surface area contributed by atoms with E-state index in [2.05, 4.69) is 15.7 Å². The Morgan fingerprint density at radius 3 is 2.95 bits per heavy atom. The van der Waals surface area contributed by atoms with E-state index in [4.69, 9.17) is 4.74 Å². The molecule has 3 rings (SSSR count). The van der Waals surface area contributed by atoms with Crippen molar-refractivity contribution in [2.45, 2.75) is 70.1 Å². The van der Waals surface area contributed by atoms with Crippen molar-refractivity contribution >= 4 is 11.3 Å². The number of aryl methyl sites for hydroxylation is 1. The van der Waals surface area contributed by atoms with Crippen LogP contribution < -0.4 is 5.32 Å². The van der Waals surface area contributed by atoms with Crippen LogP contribution in [0, 0.1) is 6.92 Å². The fourth-order valence-corrected chi connectivity index (χ4v) is 4.17. The van der Waals surface area contributed by atoms with Crippen molar-refractivity contribution in [3.63, 3.8) is 0 Å². The summed E-state index contributed by atoms with van der Waals surface area (Å²) in [5.74, 6) is 0. The third-order valence-electron chi connectivity index (χ3n) is 4.42. The first-order chi connectivity index (χ1) is 9.26. The summed E-state index contributed by atoms with van der Waals surface area (Å²) in [6, 6.07) is 0. The number of rotatable bonds is 4. The van der Waals surface area contributed by atoms with E-state index in [-0.39, 0.29) is 5.60 Å². The Bertz CT molecular complexity index is 412. The largest absolute Gasteiger partial charge is 0.370 e. The van der Waals surface area contributed by atoms with E-state index in [0.717, 1.165) is 18.8 Å². The summed E-state index contributed by atoms with van der Waals surface area (Å²) in [5, 5.41) is 6.80. The van der Waals surface area contributed by atoms with Crippen LogP contribution in [-0.4, -0.2) is 23.2 Å². The maximum atomic E-state index is 6.35. The van der Waals surface area contributed by atoms with Gasteiger partial charge < -0.3 is 10.1 Å². The molecule has 1 aromatic rings. The summed E-state index contributed by atoms with van der Waals surface area (Å²) in [4.78, 5) is 4.47. The Kier molecular flexibility index (Phi) is 4.20. The lowest BCUT2D eigenvalue weighted by Gasteiger charge is -2.33. The zero-order chi connectivity index (χ0) is 13.1. The van der Waals surface area contributed by atoms with Gasteiger partial charge in [0, 0.05) is 24.2 Å².